The van der Waals surface area contributed by atoms with Gasteiger partial charge < -0.3 is 28.4 Å². The lowest BCUT2D eigenvalue weighted by Crippen LogP contribution is -2.11. The summed E-state index contributed by atoms with van der Waals surface area (Å²) in [6.07, 6.45) is 2.65. The van der Waals surface area contributed by atoms with Crippen molar-refractivity contribution in [2.24, 2.45) is 0 Å². The van der Waals surface area contributed by atoms with Gasteiger partial charge in [-0.15, -0.1) is 6.58 Å². The van der Waals surface area contributed by atoms with Gasteiger partial charge in [-0.3, -0.25) is 0 Å². The van der Waals surface area contributed by atoms with Crippen LogP contribution in [-0.4, -0.2) is 87.7 Å². The minimum Gasteiger partial charge on any atom is -0.382 e. The van der Waals surface area contributed by atoms with Gasteiger partial charge in [0, 0.05) is 20.8 Å². The quantitative estimate of drug-likeness (QED) is 0.147. The molecule has 0 spiro atoms. The highest BCUT2D eigenvalue weighted by molar-refractivity contribution is 7.33. The van der Waals surface area contributed by atoms with Crippen LogP contribution in [0.1, 0.15) is 6.42 Å². The van der Waals surface area contributed by atoms with Gasteiger partial charge in [0.1, 0.15) is 0 Å². The van der Waals surface area contributed by atoms with Crippen molar-refractivity contribution < 1.29 is 28.4 Å². The van der Waals surface area contributed by atoms with Crippen molar-refractivity contribution >= 4 is 29.6 Å². The molecule has 6 nitrogen and oxygen atoms in total. The van der Waals surface area contributed by atoms with Gasteiger partial charge in [0.2, 0.25) is 7.42 Å². The van der Waals surface area contributed by atoms with Gasteiger partial charge >= 0.3 is 0 Å². The van der Waals surface area contributed by atoms with Crippen molar-refractivity contribution in [3.63, 3.8) is 0 Å². The Morgan fingerprint density at radius 3 is 1.60 bits per heavy atom. The van der Waals surface area contributed by atoms with Crippen LogP contribution >= 0.6 is 22.2 Å². The van der Waals surface area contributed by atoms with Crippen molar-refractivity contribution in [2.45, 2.75) is 12.5 Å². The second kappa shape index (κ2) is 26.5. The van der Waals surface area contributed by atoms with Gasteiger partial charge in [-0.1, -0.05) is 6.08 Å². The molecule has 0 aromatic rings. The summed E-state index contributed by atoms with van der Waals surface area (Å²) in [5.74, 6) is 0. The first-order valence-electron chi connectivity index (χ1n) is 8.36. The fraction of sp³-hybridized carbons (Fsp3) is 0.875. The molecule has 0 atom stereocenters. The summed E-state index contributed by atoms with van der Waals surface area (Å²) < 4.78 is 30.4. The number of ether oxygens (including phenoxy) is 6. The van der Waals surface area contributed by atoms with Gasteiger partial charge in [0.25, 0.3) is 0 Å². The largest absolute Gasteiger partial charge is 0.382 e. The minimum atomic E-state index is -1.45. The zero-order valence-corrected chi connectivity index (χ0v) is 18.2. The van der Waals surface area contributed by atoms with Crippen molar-refractivity contribution in [3.8, 4) is 0 Å². The molecule has 0 aliphatic heterocycles. The maximum Gasteiger partial charge on any atom is 0.237 e. The molecule has 0 aromatic carbocycles. The maximum absolute atomic E-state index is 5.71. The highest BCUT2D eigenvalue weighted by atomic mass is 35.7. The fourth-order valence-electron chi connectivity index (χ4n) is 1.33. The molecule has 0 aliphatic carbocycles. The summed E-state index contributed by atoms with van der Waals surface area (Å²) in [6.45, 7) is 9.74. The van der Waals surface area contributed by atoms with Gasteiger partial charge in [-0.25, -0.2) is 0 Å². The van der Waals surface area contributed by atoms with Crippen LogP contribution in [-0.2, 0) is 28.4 Å². The highest BCUT2D eigenvalue weighted by Gasteiger charge is 2.00. The molecule has 0 heterocycles. The molecule has 152 valence electrons. The third kappa shape index (κ3) is 32.4. The predicted octanol–water partition coefficient (Wildman–Crippen LogP) is 2.61. The Labute approximate surface area is 163 Å². The van der Waals surface area contributed by atoms with Crippen molar-refractivity contribution in [1.29, 1.82) is 0 Å². The zero-order chi connectivity index (χ0) is 19.0. The van der Waals surface area contributed by atoms with E-state index in [0.29, 0.717) is 66.1 Å². The van der Waals surface area contributed by atoms with Crippen LogP contribution < -0.4 is 0 Å². The molecule has 0 saturated carbocycles. The number of hydrogen-bond acceptors (Lipinski definition) is 6. The number of hydrogen-bond donors (Lipinski definition) is 0. The molecule has 0 amide bonds. The molecule has 0 N–H and O–H groups in total. The van der Waals surface area contributed by atoms with Crippen LogP contribution in [0.5, 0.6) is 0 Å². The SMILES string of the molecule is C=CCOCCOC.COCCOCCOCCOCCC[SiH](Cl)Cl. The van der Waals surface area contributed by atoms with E-state index >= 15 is 0 Å². The van der Waals surface area contributed by atoms with Gasteiger partial charge in [0.05, 0.1) is 59.5 Å². The second-order valence-electron chi connectivity index (χ2n) is 4.72. The third-order valence-electron chi connectivity index (χ3n) is 2.55. The van der Waals surface area contributed by atoms with E-state index in [4.69, 9.17) is 50.6 Å². The van der Waals surface area contributed by atoms with Crippen LogP contribution in [0.3, 0.4) is 0 Å². The monoisotopic (exact) mass is 420 g/mol. The van der Waals surface area contributed by atoms with Crippen LogP contribution in [0.15, 0.2) is 12.7 Å². The molecule has 0 aromatic heterocycles. The Bertz CT molecular complexity index is 251. The topological polar surface area (TPSA) is 55.4 Å². The summed E-state index contributed by atoms with van der Waals surface area (Å²) in [7, 11) is 1.85. The molecule has 9 heteroatoms. The molecule has 0 unspecified atom stereocenters. The normalized spacial score (nSPS) is 10.6. The van der Waals surface area contributed by atoms with Crippen LogP contribution in [0.25, 0.3) is 0 Å². The smallest absolute Gasteiger partial charge is 0.237 e. The van der Waals surface area contributed by atoms with Crippen molar-refractivity contribution in [2.75, 3.05) is 80.3 Å². The van der Waals surface area contributed by atoms with E-state index in [1.165, 1.54) is 0 Å². The number of rotatable bonds is 18. The van der Waals surface area contributed by atoms with E-state index in [9.17, 15) is 0 Å². The summed E-state index contributed by atoms with van der Waals surface area (Å²) in [6, 6.07) is 0.900. The zero-order valence-electron chi connectivity index (χ0n) is 15.6. The van der Waals surface area contributed by atoms with E-state index in [1.54, 1.807) is 20.3 Å². The van der Waals surface area contributed by atoms with Crippen LogP contribution in [0.4, 0.5) is 0 Å². The summed E-state index contributed by atoms with van der Waals surface area (Å²) in [5.41, 5.74) is 0. The average Bonchev–Trinajstić information content (AvgIpc) is 2.60. The Morgan fingerprint density at radius 1 is 0.720 bits per heavy atom. The first-order chi connectivity index (χ1) is 12.2. The summed E-state index contributed by atoms with van der Waals surface area (Å²) in [5, 5.41) is 0. The molecule has 0 aliphatic rings. The highest BCUT2D eigenvalue weighted by Crippen LogP contribution is 2.05. The van der Waals surface area contributed by atoms with Crippen LogP contribution in [0, 0.1) is 0 Å². The lowest BCUT2D eigenvalue weighted by Gasteiger charge is -2.06. The first-order valence-corrected chi connectivity index (χ1v) is 12.7. The molecule has 0 saturated heterocycles. The second-order valence-corrected chi connectivity index (χ2v) is 9.91. The van der Waals surface area contributed by atoms with E-state index in [0.717, 1.165) is 12.5 Å². The Morgan fingerprint density at radius 2 is 1.16 bits per heavy atom. The average molecular weight is 421 g/mol. The summed E-state index contributed by atoms with van der Waals surface area (Å²) >= 11 is 11.4. The maximum atomic E-state index is 5.71. The molecule has 0 rings (SSSR count). The van der Waals surface area contributed by atoms with Crippen molar-refractivity contribution in [3.05, 3.63) is 12.7 Å². The molecule has 25 heavy (non-hydrogen) atoms. The first kappa shape index (κ1) is 27.5. The Hall–Kier alpha value is 0.297. The van der Waals surface area contributed by atoms with Gasteiger partial charge in [-0.2, -0.15) is 22.2 Å². The minimum absolute atomic E-state index is 0.589. The lowest BCUT2D eigenvalue weighted by atomic mass is 10.5. The molecule has 0 bridgehead atoms. The van der Waals surface area contributed by atoms with E-state index in [2.05, 4.69) is 6.58 Å². The Balaban J connectivity index is 0. The fourth-order valence-corrected chi connectivity index (χ4v) is 2.73. The predicted molar refractivity (Wildman–Crippen MR) is 106 cm³/mol. The standard InChI is InChI=1S/C10H22Cl2O4Si.C6H12O2/c1-13-4-5-15-8-9-16-7-6-14-3-2-10-17(11)12;1-3-4-8-6-5-7-2/h17H,2-10H2,1H3;3H,1,4-6H2,2H3. The number of halogens is 2. The molecule has 0 fully saturated rings. The lowest BCUT2D eigenvalue weighted by molar-refractivity contribution is 0.00378. The molecular formula is C16H34Cl2O6Si. The van der Waals surface area contributed by atoms with E-state index in [1.807, 2.05) is 0 Å². The van der Waals surface area contributed by atoms with E-state index in [-0.39, 0.29) is 0 Å². The van der Waals surface area contributed by atoms with Crippen molar-refractivity contribution in [1.82, 2.24) is 0 Å². The van der Waals surface area contributed by atoms with Gasteiger partial charge in [-0.05, 0) is 12.5 Å². The molecule has 0 radical (unpaired) electrons. The number of methoxy groups -OCH3 is 2. The Kier molecular flexibility index (Phi) is 29.2. The summed E-state index contributed by atoms with van der Waals surface area (Å²) in [4.78, 5) is 0. The third-order valence-corrected chi connectivity index (χ3v) is 4.71. The van der Waals surface area contributed by atoms with Gasteiger partial charge in [0.15, 0.2) is 0 Å². The van der Waals surface area contributed by atoms with E-state index < -0.39 is 7.42 Å². The van der Waals surface area contributed by atoms with Crippen LogP contribution in [0.2, 0.25) is 6.04 Å². The molecular weight excluding hydrogens is 387 g/mol.